The highest BCUT2D eigenvalue weighted by Gasteiger charge is 2.15. The molecule has 0 bridgehead atoms. The molecular weight excluding hydrogens is 288 g/mol. The number of aliphatic hydroxyl groups is 1. The fourth-order valence-corrected chi connectivity index (χ4v) is 2.67. The highest BCUT2D eigenvalue weighted by atomic mass is 32.2. The van der Waals surface area contributed by atoms with Gasteiger partial charge in [0.25, 0.3) is 0 Å². The molecule has 0 fully saturated rings. The van der Waals surface area contributed by atoms with Crippen LogP contribution in [-0.4, -0.2) is 47.5 Å². The van der Waals surface area contributed by atoms with E-state index in [1.165, 1.54) is 18.9 Å². The van der Waals surface area contributed by atoms with Gasteiger partial charge in [-0.25, -0.2) is 9.78 Å². The number of methoxy groups -OCH3 is 1. The minimum Gasteiger partial charge on any atom is -0.467 e. The maximum absolute atomic E-state index is 11.4. The standard InChI is InChI=1S/C11H16N2O4S2/c1-7-13-8(5-19-7)4-18-6-10(15)12-3-9(14)11(16)17-2/h5,9,14H,3-4,6H2,1-2H3,(H,12,15). The van der Waals surface area contributed by atoms with E-state index < -0.39 is 12.1 Å². The van der Waals surface area contributed by atoms with E-state index in [9.17, 15) is 14.7 Å². The lowest BCUT2D eigenvalue weighted by Gasteiger charge is -2.09. The number of aliphatic hydroxyl groups excluding tert-OH is 1. The van der Waals surface area contributed by atoms with Gasteiger partial charge in [-0.3, -0.25) is 4.79 Å². The number of rotatable bonds is 7. The van der Waals surface area contributed by atoms with Crippen molar-refractivity contribution in [2.45, 2.75) is 18.8 Å². The Morgan fingerprint density at radius 3 is 2.95 bits per heavy atom. The number of hydrogen-bond acceptors (Lipinski definition) is 7. The zero-order chi connectivity index (χ0) is 14.3. The maximum atomic E-state index is 11.4. The Morgan fingerprint density at radius 1 is 1.63 bits per heavy atom. The van der Waals surface area contributed by atoms with E-state index in [1.54, 1.807) is 11.3 Å². The maximum Gasteiger partial charge on any atom is 0.336 e. The number of esters is 1. The van der Waals surface area contributed by atoms with Gasteiger partial charge in [-0.15, -0.1) is 23.1 Å². The van der Waals surface area contributed by atoms with Crippen molar-refractivity contribution in [2.75, 3.05) is 19.4 Å². The molecule has 0 aliphatic heterocycles. The first kappa shape index (κ1) is 15.9. The normalized spacial score (nSPS) is 11.9. The molecule has 1 rings (SSSR count). The fraction of sp³-hybridized carbons (Fsp3) is 0.545. The lowest BCUT2D eigenvalue weighted by Crippen LogP contribution is -2.37. The largest absolute Gasteiger partial charge is 0.467 e. The summed E-state index contributed by atoms with van der Waals surface area (Å²) in [5.74, 6) is -0.0762. The van der Waals surface area contributed by atoms with Crippen molar-refractivity contribution < 1.29 is 19.4 Å². The third-order valence-electron chi connectivity index (χ3n) is 2.12. The SMILES string of the molecule is COC(=O)C(O)CNC(=O)CSCc1csc(C)n1. The molecule has 0 spiro atoms. The molecule has 0 saturated heterocycles. The number of aryl methyl sites for hydroxylation is 1. The summed E-state index contributed by atoms with van der Waals surface area (Å²) in [5.41, 5.74) is 0.954. The quantitative estimate of drug-likeness (QED) is 0.706. The van der Waals surface area contributed by atoms with Gasteiger partial charge in [-0.05, 0) is 6.92 Å². The van der Waals surface area contributed by atoms with Crippen molar-refractivity contribution in [3.63, 3.8) is 0 Å². The zero-order valence-corrected chi connectivity index (χ0v) is 12.3. The first-order valence-electron chi connectivity index (χ1n) is 5.54. The van der Waals surface area contributed by atoms with E-state index in [0.717, 1.165) is 10.7 Å². The molecule has 0 aromatic carbocycles. The van der Waals surface area contributed by atoms with Gasteiger partial charge in [0.05, 0.1) is 30.1 Å². The number of hydrogen-bond donors (Lipinski definition) is 2. The number of nitrogens with one attached hydrogen (secondary N) is 1. The summed E-state index contributed by atoms with van der Waals surface area (Å²) in [7, 11) is 1.18. The van der Waals surface area contributed by atoms with Crippen LogP contribution in [0.5, 0.6) is 0 Å². The van der Waals surface area contributed by atoms with Crippen LogP contribution in [0.2, 0.25) is 0 Å². The average Bonchev–Trinajstić information content (AvgIpc) is 2.80. The summed E-state index contributed by atoms with van der Waals surface area (Å²) >= 11 is 3.00. The molecule has 1 amide bonds. The molecule has 106 valence electrons. The third kappa shape index (κ3) is 6.04. The Bertz CT molecular complexity index is 436. The Labute approximate surface area is 119 Å². The number of aromatic nitrogens is 1. The van der Waals surface area contributed by atoms with Gasteiger partial charge < -0.3 is 15.2 Å². The van der Waals surface area contributed by atoms with Crippen LogP contribution in [0.4, 0.5) is 0 Å². The van der Waals surface area contributed by atoms with Crippen LogP contribution < -0.4 is 5.32 Å². The molecule has 1 atom stereocenters. The molecule has 0 saturated carbocycles. The second-order valence-corrected chi connectivity index (χ2v) is 5.74. The second kappa shape index (κ2) is 8.13. The summed E-state index contributed by atoms with van der Waals surface area (Å²) in [5, 5.41) is 14.7. The lowest BCUT2D eigenvalue weighted by molar-refractivity contribution is -0.150. The minimum atomic E-state index is -1.32. The molecule has 1 aromatic heterocycles. The van der Waals surface area contributed by atoms with Gasteiger partial charge in [0.2, 0.25) is 5.91 Å². The number of nitrogens with zero attached hydrogens (tertiary/aromatic N) is 1. The molecular formula is C11H16N2O4S2. The number of thioether (sulfide) groups is 1. The number of ether oxygens (including phenoxy) is 1. The zero-order valence-electron chi connectivity index (χ0n) is 10.7. The first-order valence-corrected chi connectivity index (χ1v) is 7.57. The molecule has 1 aromatic rings. The molecule has 6 nitrogen and oxygen atoms in total. The van der Waals surface area contributed by atoms with Crippen molar-refractivity contribution in [3.8, 4) is 0 Å². The van der Waals surface area contributed by atoms with Crippen LogP contribution in [0.1, 0.15) is 10.7 Å². The monoisotopic (exact) mass is 304 g/mol. The van der Waals surface area contributed by atoms with Crippen molar-refractivity contribution in [2.24, 2.45) is 0 Å². The Balaban J connectivity index is 2.16. The summed E-state index contributed by atoms with van der Waals surface area (Å²) < 4.78 is 4.33. The van der Waals surface area contributed by atoms with E-state index in [2.05, 4.69) is 15.0 Å². The molecule has 19 heavy (non-hydrogen) atoms. The Kier molecular flexibility index (Phi) is 6.82. The minimum absolute atomic E-state index is 0.137. The van der Waals surface area contributed by atoms with Crippen LogP contribution in [0, 0.1) is 6.92 Å². The topological polar surface area (TPSA) is 88.5 Å². The van der Waals surface area contributed by atoms with Crippen molar-refractivity contribution in [1.82, 2.24) is 10.3 Å². The Morgan fingerprint density at radius 2 is 2.37 bits per heavy atom. The number of carbonyl (C=O) groups is 2. The third-order valence-corrected chi connectivity index (χ3v) is 3.90. The van der Waals surface area contributed by atoms with Gasteiger partial charge in [-0.2, -0.15) is 0 Å². The molecule has 1 heterocycles. The number of carbonyl (C=O) groups excluding carboxylic acids is 2. The van der Waals surface area contributed by atoms with Crippen molar-refractivity contribution in [1.29, 1.82) is 0 Å². The number of amides is 1. The van der Waals surface area contributed by atoms with Crippen LogP contribution in [0.3, 0.4) is 0 Å². The number of thiazole rings is 1. The van der Waals surface area contributed by atoms with Crippen molar-refractivity contribution >= 4 is 35.0 Å². The van der Waals surface area contributed by atoms with E-state index >= 15 is 0 Å². The summed E-state index contributed by atoms with van der Waals surface area (Å²) in [4.78, 5) is 26.6. The summed E-state index contributed by atoms with van der Waals surface area (Å²) in [6.07, 6.45) is -1.32. The van der Waals surface area contributed by atoms with E-state index in [1.807, 2.05) is 12.3 Å². The van der Waals surface area contributed by atoms with Crippen LogP contribution >= 0.6 is 23.1 Å². The Hall–Kier alpha value is -1.12. The second-order valence-electron chi connectivity index (χ2n) is 3.69. The average molecular weight is 304 g/mol. The van der Waals surface area contributed by atoms with Gasteiger partial charge in [0.1, 0.15) is 0 Å². The van der Waals surface area contributed by atoms with Crippen LogP contribution in [0.15, 0.2) is 5.38 Å². The van der Waals surface area contributed by atoms with Crippen molar-refractivity contribution in [3.05, 3.63) is 16.1 Å². The lowest BCUT2D eigenvalue weighted by atomic mass is 10.3. The van der Waals surface area contributed by atoms with E-state index in [4.69, 9.17) is 0 Å². The van der Waals surface area contributed by atoms with Crippen LogP contribution in [0.25, 0.3) is 0 Å². The van der Waals surface area contributed by atoms with E-state index in [0.29, 0.717) is 5.75 Å². The molecule has 0 radical (unpaired) electrons. The predicted octanol–water partition coefficient (Wildman–Crippen LogP) is 0.335. The van der Waals surface area contributed by atoms with Crippen LogP contribution in [-0.2, 0) is 20.1 Å². The summed E-state index contributed by atoms with van der Waals surface area (Å²) in [6.45, 7) is 1.79. The molecule has 8 heteroatoms. The highest BCUT2D eigenvalue weighted by molar-refractivity contribution is 7.99. The van der Waals surface area contributed by atoms with Gasteiger partial charge >= 0.3 is 5.97 Å². The molecule has 1 unspecified atom stereocenters. The smallest absolute Gasteiger partial charge is 0.336 e. The van der Waals surface area contributed by atoms with E-state index in [-0.39, 0.29) is 18.2 Å². The predicted molar refractivity (Wildman–Crippen MR) is 74.0 cm³/mol. The van der Waals surface area contributed by atoms with Gasteiger partial charge in [-0.1, -0.05) is 0 Å². The highest BCUT2D eigenvalue weighted by Crippen LogP contribution is 2.14. The van der Waals surface area contributed by atoms with Gasteiger partial charge in [0.15, 0.2) is 6.10 Å². The first-order chi connectivity index (χ1) is 9.02. The molecule has 0 aliphatic carbocycles. The van der Waals surface area contributed by atoms with Gasteiger partial charge in [0, 0.05) is 11.1 Å². The summed E-state index contributed by atoms with van der Waals surface area (Å²) in [6, 6.07) is 0. The fourth-order valence-electron chi connectivity index (χ4n) is 1.20. The molecule has 0 aliphatic rings. The molecule has 2 N–H and O–H groups in total.